The van der Waals surface area contributed by atoms with Gasteiger partial charge < -0.3 is 15.7 Å². The molecule has 1 unspecified atom stereocenters. The highest BCUT2D eigenvalue weighted by Gasteiger charge is 2.42. The van der Waals surface area contributed by atoms with E-state index in [1.807, 2.05) is 0 Å². The smallest absolute Gasteiger partial charge is 0.230 e. The van der Waals surface area contributed by atoms with Gasteiger partial charge in [-0.25, -0.2) is 0 Å². The molecule has 1 aliphatic heterocycles. The second-order valence-corrected chi connectivity index (χ2v) is 6.56. The van der Waals surface area contributed by atoms with Crippen molar-refractivity contribution in [1.29, 1.82) is 0 Å². The van der Waals surface area contributed by atoms with E-state index in [0.29, 0.717) is 18.5 Å². The first-order valence-corrected chi connectivity index (χ1v) is 8.35. The topological polar surface area (TPSA) is 66.6 Å². The molecule has 2 aliphatic rings. The van der Waals surface area contributed by atoms with Crippen LogP contribution in [0.4, 0.5) is 0 Å². The monoisotopic (exact) mass is 282 g/mol. The van der Waals surface area contributed by atoms with Crippen molar-refractivity contribution in [2.24, 2.45) is 11.1 Å². The molecule has 0 radical (unpaired) electrons. The Hall–Kier alpha value is -0.610. The molecular weight excluding hydrogens is 252 g/mol. The Balaban J connectivity index is 2.06. The fraction of sp³-hybridized carbons (Fsp3) is 0.938. The molecule has 2 fully saturated rings. The zero-order valence-corrected chi connectivity index (χ0v) is 12.6. The zero-order chi connectivity index (χ0) is 14.4. The normalized spacial score (nSPS) is 26.5. The van der Waals surface area contributed by atoms with Gasteiger partial charge in [-0.05, 0) is 38.5 Å². The molecule has 4 nitrogen and oxygen atoms in total. The maximum atomic E-state index is 13.1. The number of carbonyl (C=O) groups excluding carboxylic acids is 1. The molecule has 0 aromatic heterocycles. The van der Waals surface area contributed by atoms with Crippen LogP contribution in [0.15, 0.2) is 0 Å². The molecule has 1 amide bonds. The number of nitrogens with two attached hydrogens (primary N) is 1. The third-order valence-corrected chi connectivity index (χ3v) is 5.24. The van der Waals surface area contributed by atoms with Gasteiger partial charge in [0.05, 0.1) is 5.41 Å². The maximum Gasteiger partial charge on any atom is 0.230 e. The highest BCUT2D eigenvalue weighted by Crippen LogP contribution is 2.38. The van der Waals surface area contributed by atoms with Gasteiger partial charge in [0, 0.05) is 25.7 Å². The molecule has 1 heterocycles. The molecule has 1 saturated heterocycles. The zero-order valence-electron chi connectivity index (χ0n) is 12.6. The minimum absolute atomic E-state index is 0.223. The Kier molecular flexibility index (Phi) is 5.85. The molecule has 1 aliphatic carbocycles. The lowest BCUT2D eigenvalue weighted by Gasteiger charge is -2.37. The standard InChI is InChI=1S/C16H30N2O2/c17-13-16(9-3-1-2-4-10-16)15(20)18-11-5-7-14(18)8-6-12-19/h14,19H,1-13,17H2. The maximum absolute atomic E-state index is 13.1. The van der Waals surface area contributed by atoms with E-state index in [2.05, 4.69) is 4.90 Å². The van der Waals surface area contributed by atoms with Crippen molar-refractivity contribution in [1.82, 2.24) is 4.90 Å². The van der Waals surface area contributed by atoms with Crippen molar-refractivity contribution >= 4 is 5.91 Å². The van der Waals surface area contributed by atoms with E-state index in [9.17, 15) is 4.79 Å². The van der Waals surface area contributed by atoms with E-state index in [0.717, 1.165) is 57.9 Å². The molecular formula is C16H30N2O2. The molecule has 2 rings (SSSR count). The minimum Gasteiger partial charge on any atom is -0.396 e. The number of carbonyl (C=O) groups is 1. The second-order valence-electron chi connectivity index (χ2n) is 6.56. The van der Waals surface area contributed by atoms with Crippen molar-refractivity contribution in [2.75, 3.05) is 19.7 Å². The van der Waals surface area contributed by atoms with E-state index in [1.165, 1.54) is 12.8 Å². The summed E-state index contributed by atoms with van der Waals surface area (Å²) in [5.41, 5.74) is 5.74. The number of nitrogens with zero attached hydrogens (tertiary/aromatic N) is 1. The third kappa shape index (κ3) is 3.34. The van der Waals surface area contributed by atoms with Gasteiger partial charge in [-0.1, -0.05) is 25.7 Å². The fourth-order valence-corrected chi connectivity index (χ4v) is 3.95. The lowest BCUT2D eigenvalue weighted by atomic mass is 9.78. The number of hydrogen-bond acceptors (Lipinski definition) is 3. The third-order valence-electron chi connectivity index (χ3n) is 5.24. The Morgan fingerprint density at radius 1 is 1.20 bits per heavy atom. The summed E-state index contributed by atoms with van der Waals surface area (Å²) in [5.74, 6) is 0.308. The molecule has 116 valence electrons. The van der Waals surface area contributed by atoms with Gasteiger partial charge >= 0.3 is 0 Å². The molecule has 3 N–H and O–H groups in total. The average molecular weight is 282 g/mol. The summed E-state index contributed by atoms with van der Waals surface area (Å²) in [4.78, 5) is 15.2. The second kappa shape index (κ2) is 7.41. The number of rotatable bonds is 5. The van der Waals surface area contributed by atoms with E-state index in [-0.39, 0.29) is 12.0 Å². The van der Waals surface area contributed by atoms with Gasteiger partial charge in [-0.2, -0.15) is 0 Å². The lowest BCUT2D eigenvalue weighted by molar-refractivity contribution is -0.143. The van der Waals surface area contributed by atoms with Gasteiger partial charge in [0.15, 0.2) is 0 Å². The van der Waals surface area contributed by atoms with Crippen LogP contribution in [-0.2, 0) is 4.79 Å². The molecule has 1 saturated carbocycles. The summed E-state index contributed by atoms with van der Waals surface area (Å²) in [7, 11) is 0. The van der Waals surface area contributed by atoms with Crippen LogP contribution in [0.3, 0.4) is 0 Å². The summed E-state index contributed by atoms with van der Waals surface area (Å²) in [6, 6.07) is 0.335. The molecule has 0 aromatic rings. The summed E-state index contributed by atoms with van der Waals surface area (Å²) in [6.45, 7) is 1.60. The van der Waals surface area contributed by atoms with Gasteiger partial charge in [-0.15, -0.1) is 0 Å². The van der Waals surface area contributed by atoms with E-state index in [4.69, 9.17) is 10.8 Å². The first kappa shape index (κ1) is 15.8. The molecule has 4 heteroatoms. The van der Waals surface area contributed by atoms with Gasteiger partial charge in [0.25, 0.3) is 0 Å². The predicted molar refractivity (Wildman–Crippen MR) is 80.2 cm³/mol. The largest absolute Gasteiger partial charge is 0.396 e. The minimum atomic E-state index is -0.293. The van der Waals surface area contributed by atoms with Crippen LogP contribution in [0.2, 0.25) is 0 Å². The summed E-state index contributed by atoms with van der Waals surface area (Å²) < 4.78 is 0. The van der Waals surface area contributed by atoms with Crippen LogP contribution >= 0.6 is 0 Å². The fourth-order valence-electron chi connectivity index (χ4n) is 3.95. The van der Waals surface area contributed by atoms with Crippen molar-refractivity contribution in [2.45, 2.75) is 70.3 Å². The van der Waals surface area contributed by atoms with Gasteiger partial charge in [0.2, 0.25) is 5.91 Å². The highest BCUT2D eigenvalue weighted by atomic mass is 16.3. The van der Waals surface area contributed by atoms with Gasteiger partial charge in [-0.3, -0.25) is 4.79 Å². The van der Waals surface area contributed by atoms with E-state index in [1.54, 1.807) is 0 Å². The average Bonchev–Trinajstić information content (AvgIpc) is 2.80. The Morgan fingerprint density at radius 3 is 2.50 bits per heavy atom. The molecule has 0 spiro atoms. The number of hydrogen-bond donors (Lipinski definition) is 2. The first-order chi connectivity index (χ1) is 9.73. The van der Waals surface area contributed by atoms with Crippen molar-refractivity contribution in [3.63, 3.8) is 0 Å². The van der Waals surface area contributed by atoms with Crippen LogP contribution in [-0.4, -0.2) is 41.7 Å². The molecule has 20 heavy (non-hydrogen) atoms. The quantitative estimate of drug-likeness (QED) is 0.758. The number of aliphatic hydroxyl groups is 1. The molecule has 0 bridgehead atoms. The Morgan fingerprint density at radius 2 is 1.90 bits per heavy atom. The SMILES string of the molecule is NCC1(C(=O)N2CCCC2CCCO)CCCCCC1. The van der Waals surface area contributed by atoms with Crippen molar-refractivity contribution < 1.29 is 9.90 Å². The van der Waals surface area contributed by atoms with E-state index < -0.39 is 0 Å². The number of amides is 1. The predicted octanol–water partition coefficient (Wildman–Crippen LogP) is 2.05. The van der Waals surface area contributed by atoms with Crippen LogP contribution < -0.4 is 5.73 Å². The Labute approximate surface area is 122 Å². The van der Waals surface area contributed by atoms with E-state index >= 15 is 0 Å². The lowest BCUT2D eigenvalue weighted by Crippen LogP contribution is -2.49. The molecule has 1 atom stereocenters. The summed E-state index contributed by atoms with van der Waals surface area (Å²) >= 11 is 0. The number of aliphatic hydroxyl groups excluding tert-OH is 1. The van der Waals surface area contributed by atoms with Crippen LogP contribution in [0.25, 0.3) is 0 Å². The summed E-state index contributed by atoms with van der Waals surface area (Å²) in [5, 5.41) is 9.01. The van der Waals surface area contributed by atoms with Crippen LogP contribution in [0.1, 0.15) is 64.2 Å². The van der Waals surface area contributed by atoms with Crippen molar-refractivity contribution in [3.05, 3.63) is 0 Å². The number of likely N-dealkylation sites (tertiary alicyclic amines) is 1. The van der Waals surface area contributed by atoms with Crippen molar-refractivity contribution in [3.8, 4) is 0 Å². The molecule has 0 aromatic carbocycles. The van der Waals surface area contributed by atoms with Gasteiger partial charge in [0.1, 0.15) is 0 Å². The Bertz CT molecular complexity index is 312. The first-order valence-electron chi connectivity index (χ1n) is 8.35. The van der Waals surface area contributed by atoms with Crippen LogP contribution in [0, 0.1) is 5.41 Å². The summed E-state index contributed by atoms with van der Waals surface area (Å²) in [6.07, 6.45) is 10.6. The van der Waals surface area contributed by atoms with Crippen LogP contribution in [0.5, 0.6) is 0 Å². The highest BCUT2D eigenvalue weighted by molar-refractivity contribution is 5.83.